The zero-order valence-electron chi connectivity index (χ0n) is 15.6. The summed E-state index contributed by atoms with van der Waals surface area (Å²) >= 11 is 0. The molecule has 1 N–H and O–H groups in total. The number of amidine groups is 1. The van der Waals surface area contributed by atoms with Gasteiger partial charge in [0, 0.05) is 6.42 Å². The van der Waals surface area contributed by atoms with Gasteiger partial charge in [-0.05, 0) is 57.9 Å². The summed E-state index contributed by atoms with van der Waals surface area (Å²) in [6.45, 7) is 10.9. The molecule has 0 radical (unpaired) electrons. The minimum Gasteiger partial charge on any atom is -0.352 e. The van der Waals surface area contributed by atoms with E-state index in [-0.39, 0.29) is 8.07 Å². The molecule has 0 aromatic heterocycles. The van der Waals surface area contributed by atoms with E-state index in [0.717, 1.165) is 17.9 Å². The smallest absolute Gasteiger partial charge is 0.110 e. The van der Waals surface area contributed by atoms with Crippen molar-refractivity contribution in [2.75, 3.05) is 12.3 Å². The Kier molecular flexibility index (Phi) is 6.99. The van der Waals surface area contributed by atoms with Crippen LogP contribution in [0.15, 0.2) is 47.5 Å². The topological polar surface area (TPSA) is 24.4 Å². The van der Waals surface area contributed by atoms with Crippen LogP contribution in [0.25, 0.3) is 0 Å². The van der Waals surface area contributed by atoms with Crippen LogP contribution >= 0.6 is 8.07 Å². The highest BCUT2D eigenvalue weighted by Crippen LogP contribution is 2.30. The number of nitrogens with zero attached hydrogens (tertiary/aromatic N) is 1. The molecule has 0 bridgehead atoms. The second-order valence-electron chi connectivity index (χ2n) is 6.25. The van der Waals surface area contributed by atoms with E-state index >= 15 is 0 Å². The van der Waals surface area contributed by atoms with Crippen molar-refractivity contribution in [1.29, 1.82) is 0 Å². The van der Waals surface area contributed by atoms with Crippen LogP contribution < -0.4 is 5.09 Å². The molecular formula is C21H29N2P. The minimum atomic E-state index is -0.194. The Hall–Kier alpha value is -1.66. The third-order valence-corrected chi connectivity index (χ3v) is 6.33. The first-order chi connectivity index (χ1) is 11.5. The molecule has 3 heteroatoms. The Labute approximate surface area is 148 Å². The van der Waals surface area contributed by atoms with Gasteiger partial charge in [0.1, 0.15) is 5.84 Å². The molecule has 24 heavy (non-hydrogen) atoms. The van der Waals surface area contributed by atoms with Crippen molar-refractivity contribution in [3.05, 3.63) is 64.7 Å². The van der Waals surface area contributed by atoms with Gasteiger partial charge in [0.25, 0.3) is 0 Å². The Bertz CT molecular complexity index is 665. The average Bonchev–Trinajstić information content (AvgIpc) is 2.57. The zero-order valence-corrected chi connectivity index (χ0v) is 16.5. The number of nitrogens with one attached hydrogen (secondary N) is 1. The van der Waals surface area contributed by atoms with Crippen molar-refractivity contribution >= 4 is 19.6 Å². The van der Waals surface area contributed by atoms with Gasteiger partial charge < -0.3 is 5.09 Å². The normalized spacial score (nSPS) is 11.8. The maximum Gasteiger partial charge on any atom is 0.110 e. The summed E-state index contributed by atoms with van der Waals surface area (Å²) in [5.41, 5.74) is 6.17. The molecule has 0 aliphatic heterocycles. The van der Waals surface area contributed by atoms with Gasteiger partial charge in [0.15, 0.2) is 0 Å². The molecule has 0 amide bonds. The lowest BCUT2D eigenvalue weighted by molar-refractivity contribution is 1.19. The van der Waals surface area contributed by atoms with Crippen LogP contribution in [0, 0.1) is 20.8 Å². The summed E-state index contributed by atoms with van der Waals surface area (Å²) < 4.78 is 0. The first kappa shape index (κ1) is 18.7. The van der Waals surface area contributed by atoms with E-state index in [1.165, 1.54) is 34.6 Å². The van der Waals surface area contributed by atoms with Crippen LogP contribution in [0.1, 0.15) is 36.1 Å². The second kappa shape index (κ2) is 8.99. The number of aryl methyl sites for hydroxylation is 3. The number of rotatable bonds is 6. The molecule has 0 aliphatic carbocycles. The molecule has 0 heterocycles. The van der Waals surface area contributed by atoms with Crippen molar-refractivity contribution < 1.29 is 0 Å². The standard InChI is InChI=1S/C21H29N2P/c1-6-24(7-2)23-20(15-19-13-11-16(3)12-14-19)22-21-17(4)9-8-10-18(21)5/h8-14H,6-7,15H2,1-5H3,(H,22,23). The molecule has 2 aromatic rings. The van der Waals surface area contributed by atoms with Gasteiger partial charge in [0.05, 0.1) is 5.69 Å². The van der Waals surface area contributed by atoms with Crippen LogP contribution in [0.2, 0.25) is 0 Å². The van der Waals surface area contributed by atoms with Crippen molar-refractivity contribution in [2.45, 2.75) is 41.0 Å². The summed E-state index contributed by atoms with van der Waals surface area (Å²) in [4.78, 5) is 5.03. The molecule has 2 rings (SSSR count). The van der Waals surface area contributed by atoms with Gasteiger partial charge in [-0.1, -0.05) is 61.9 Å². The molecule has 0 aliphatic rings. The van der Waals surface area contributed by atoms with E-state index in [2.05, 4.69) is 82.2 Å². The van der Waals surface area contributed by atoms with Crippen molar-refractivity contribution in [1.82, 2.24) is 5.09 Å². The fourth-order valence-corrected chi connectivity index (χ4v) is 3.94. The summed E-state index contributed by atoms with van der Waals surface area (Å²) in [6, 6.07) is 15.1. The van der Waals surface area contributed by atoms with Crippen molar-refractivity contribution in [2.24, 2.45) is 4.99 Å². The van der Waals surface area contributed by atoms with Gasteiger partial charge in [-0.3, -0.25) is 0 Å². The summed E-state index contributed by atoms with van der Waals surface area (Å²) in [5, 5.41) is 3.73. The zero-order chi connectivity index (χ0) is 17.5. The highest BCUT2D eigenvalue weighted by atomic mass is 31.1. The quantitative estimate of drug-likeness (QED) is 0.394. The molecule has 0 unspecified atom stereocenters. The third kappa shape index (κ3) is 5.18. The predicted octanol–water partition coefficient (Wildman–Crippen LogP) is 5.91. The lowest BCUT2D eigenvalue weighted by atomic mass is 10.1. The lowest BCUT2D eigenvalue weighted by Gasteiger charge is -2.19. The average molecular weight is 340 g/mol. The number of hydrogen-bond donors (Lipinski definition) is 1. The molecule has 2 nitrogen and oxygen atoms in total. The molecule has 0 fully saturated rings. The second-order valence-corrected chi connectivity index (χ2v) is 8.81. The minimum absolute atomic E-state index is 0.194. The number of aliphatic imine (C=N–C) groups is 1. The van der Waals surface area contributed by atoms with E-state index < -0.39 is 0 Å². The van der Waals surface area contributed by atoms with Gasteiger partial charge in [-0.15, -0.1) is 0 Å². The van der Waals surface area contributed by atoms with Crippen molar-refractivity contribution in [3.63, 3.8) is 0 Å². The number of hydrogen-bond acceptors (Lipinski definition) is 1. The summed E-state index contributed by atoms with van der Waals surface area (Å²) in [6.07, 6.45) is 3.20. The van der Waals surface area contributed by atoms with E-state index in [0.29, 0.717) is 0 Å². The molecule has 0 atom stereocenters. The van der Waals surface area contributed by atoms with Crippen LogP contribution in [-0.2, 0) is 6.42 Å². The Morgan fingerprint density at radius 1 is 0.917 bits per heavy atom. The molecule has 128 valence electrons. The lowest BCUT2D eigenvalue weighted by Crippen LogP contribution is -2.22. The third-order valence-electron chi connectivity index (χ3n) is 4.23. The van der Waals surface area contributed by atoms with Gasteiger partial charge in [0.2, 0.25) is 0 Å². The van der Waals surface area contributed by atoms with Gasteiger partial charge >= 0.3 is 0 Å². The molecular weight excluding hydrogens is 311 g/mol. The van der Waals surface area contributed by atoms with Crippen LogP contribution in [0.4, 0.5) is 5.69 Å². The number of para-hydroxylation sites is 1. The fourth-order valence-electron chi connectivity index (χ4n) is 2.68. The summed E-state index contributed by atoms with van der Waals surface area (Å²) in [5.74, 6) is 1.09. The van der Waals surface area contributed by atoms with Gasteiger partial charge in [-0.25, -0.2) is 4.99 Å². The van der Waals surface area contributed by atoms with E-state index in [9.17, 15) is 0 Å². The SMILES string of the molecule is CCP(CC)NC(Cc1ccc(C)cc1)=Nc1c(C)cccc1C. The van der Waals surface area contributed by atoms with Crippen LogP contribution in [-0.4, -0.2) is 18.2 Å². The van der Waals surface area contributed by atoms with Crippen LogP contribution in [0.3, 0.4) is 0 Å². The maximum atomic E-state index is 5.03. The predicted molar refractivity (Wildman–Crippen MR) is 109 cm³/mol. The van der Waals surface area contributed by atoms with Crippen LogP contribution in [0.5, 0.6) is 0 Å². The monoisotopic (exact) mass is 340 g/mol. The van der Waals surface area contributed by atoms with Crippen molar-refractivity contribution in [3.8, 4) is 0 Å². The fraction of sp³-hybridized carbons (Fsp3) is 0.381. The summed E-state index contributed by atoms with van der Waals surface area (Å²) in [7, 11) is -0.194. The number of benzene rings is 2. The molecule has 2 aromatic carbocycles. The highest BCUT2D eigenvalue weighted by molar-refractivity contribution is 7.56. The first-order valence-corrected chi connectivity index (χ1v) is 10.5. The molecule has 0 spiro atoms. The van der Waals surface area contributed by atoms with E-state index in [4.69, 9.17) is 4.99 Å². The van der Waals surface area contributed by atoms with E-state index in [1.54, 1.807) is 0 Å². The largest absolute Gasteiger partial charge is 0.352 e. The van der Waals surface area contributed by atoms with Gasteiger partial charge in [-0.2, -0.15) is 0 Å². The molecule has 0 saturated carbocycles. The maximum absolute atomic E-state index is 5.03. The molecule has 0 saturated heterocycles. The highest BCUT2D eigenvalue weighted by Gasteiger charge is 2.10. The Balaban J connectivity index is 2.34. The Morgan fingerprint density at radius 2 is 1.50 bits per heavy atom. The Morgan fingerprint density at radius 3 is 2.04 bits per heavy atom. The van der Waals surface area contributed by atoms with E-state index in [1.807, 2.05) is 0 Å². The first-order valence-electron chi connectivity index (χ1n) is 8.74.